The highest BCUT2D eigenvalue weighted by Crippen LogP contribution is 2.39. The van der Waals surface area contributed by atoms with Crippen LogP contribution in [0.25, 0.3) is 11.0 Å². The fraction of sp³-hybridized carbons (Fsp3) is 0.588. The quantitative estimate of drug-likeness (QED) is 0.928. The number of benzene rings is 1. The van der Waals surface area contributed by atoms with Crippen molar-refractivity contribution in [2.24, 2.45) is 0 Å². The maximum absolute atomic E-state index is 14.5. The summed E-state index contributed by atoms with van der Waals surface area (Å²) in [6.07, 6.45) is 4.24. The number of hydrogen-bond donors (Lipinski definition) is 1. The molecule has 114 valence electrons. The van der Waals surface area contributed by atoms with E-state index in [9.17, 15) is 9.50 Å². The number of fused-ring (bicyclic) bond motifs is 1. The first kappa shape index (κ1) is 14.5. The molecule has 0 aliphatic heterocycles. The lowest BCUT2D eigenvalue weighted by Gasteiger charge is -2.30. The van der Waals surface area contributed by atoms with Crippen LogP contribution in [-0.2, 0) is 12.0 Å². The standard InChI is InChI=1S/C17H23FN2O/c1-5-12-13(17(3,4)21)9-14(18)15-16(12)20(10(2)19-15)11-7-6-8-11/h9,11,21H,5-8H2,1-4H3. The highest BCUT2D eigenvalue weighted by atomic mass is 19.1. The van der Waals surface area contributed by atoms with Gasteiger partial charge >= 0.3 is 0 Å². The molecule has 1 fully saturated rings. The molecule has 1 heterocycles. The zero-order valence-electron chi connectivity index (χ0n) is 13.2. The van der Waals surface area contributed by atoms with E-state index < -0.39 is 5.60 Å². The van der Waals surface area contributed by atoms with Crippen LogP contribution < -0.4 is 0 Å². The van der Waals surface area contributed by atoms with Crippen LogP contribution in [0.3, 0.4) is 0 Å². The maximum atomic E-state index is 14.5. The predicted octanol–water partition coefficient (Wildman–Crippen LogP) is 4.00. The molecule has 1 aromatic carbocycles. The van der Waals surface area contributed by atoms with Gasteiger partial charge in [-0.05, 0) is 63.6 Å². The van der Waals surface area contributed by atoms with Gasteiger partial charge in [-0.2, -0.15) is 0 Å². The largest absolute Gasteiger partial charge is 0.386 e. The highest BCUT2D eigenvalue weighted by molar-refractivity contribution is 5.82. The molecule has 21 heavy (non-hydrogen) atoms. The molecule has 0 amide bonds. The van der Waals surface area contributed by atoms with Gasteiger partial charge in [-0.25, -0.2) is 9.37 Å². The minimum atomic E-state index is -1.05. The normalized spacial score (nSPS) is 16.5. The van der Waals surface area contributed by atoms with Crippen molar-refractivity contribution in [3.05, 3.63) is 28.8 Å². The second-order valence-corrected chi connectivity index (χ2v) is 6.61. The van der Waals surface area contributed by atoms with Crippen molar-refractivity contribution in [2.75, 3.05) is 0 Å². The van der Waals surface area contributed by atoms with Crippen molar-refractivity contribution in [1.29, 1.82) is 0 Å². The van der Waals surface area contributed by atoms with E-state index in [0.717, 1.165) is 36.2 Å². The first-order valence-corrected chi connectivity index (χ1v) is 7.77. The third-order valence-electron chi connectivity index (χ3n) is 4.65. The Balaban J connectivity index is 2.38. The van der Waals surface area contributed by atoms with E-state index in [2.05, 4.69) is 16.5 Å². The van der Waals surface area contributed by atoms with Gasteiger partial charge in [0.15, 0.2) is 5.82 Å². The Labute approximate surface area is 124 Å². The molecule has 4 heteroatoms. The predicted molar refractivity (Wildman–Crippen MR) is 81.9 cm³/mol. The molecule has 1 aliphatic rings. The molecule has 1 N–H and O–H groups in total. The molecule has 0 atom stereocenters. The van der Waals surface area contributed by atoms with Crippen LogP contribution in [0, 0.1) is 12.7 Å². The summed E-state index contributed by atoms with van der Waals surface area (Å²) in [6, 6.07) is 1.88. The molecule has 0 bridgehead atoms. The summed E-state index contributed by atoms with van der Waals surface area (Å²) in [4.78, 5) is 4.45. The van der Waals surface area contributed by atoms with Crippen LogP contribution in [0.15, 0.2) is 6.07 Å². The van der Waals surface area contributed by atoms with Crippen LogP contribution in [0.2, 0.25) is 0 Å². The summed E-state index contributed by atoms with van der Waals surface area (Å²) in [5.41, 5.74) is 1.98. The van der Waals surface area contributed by atoms with E-state index in [4.69, 9.17) is 0 Å². The number of aromatic nitrogens is 2. The molecule has 3 rings (SSSR count). The van der Waals surface area contributed by atoms with Gasteiger partial charge in [0.1, 0.15) is 11.3 Å². The summed E-state index contributed by atoms with van der Waals surface area (Å²) in [5, 5.41) is 10.4. The molecule has 1 aromatic heterocycles. The Morgan fingerprint density at radius 1 is 1.43 bits per heavy atom. The lowest BCUT2D eigenvalue weighted by Crippen LogP contribution is -2.21. The SMILES string of the molecule is CCc1c(C(C)(C)O)cc(F)c2nc(C)n(C3CCC3)c12. The number of imidazole rings is 1. The number of hydrogen-bond acceptors (Lipinski definition) is 2. The molecule has 0 spiro atoms. The zero-order chi connectivity index (χ0) is 15.4. The molecule has 0 unspecified atom stereocenters. The summed E-state index contributed by atoms with van der Waals surface area (Å²) in [6.45, 7) is 7.42. The Kier molecular flexibility index (Phi) is 3.32. The van der Waals surface area contributed by atoms with E-state index >= 15 is 0 Å². The first-order valence-electron chi connectivity index (χ1n) is 7.77. The Morgan fingerprint density at radius 2 is 2.10 bits per heavy atom. The van der Waals surface area contributed by atoms with Gasteiger partial charge in [0, 0.05) is 6.04 Å². The van der Waals surface area contributed by atoms with Gasteiger partial charge in [0.25, 0.3) is 0 Å². The van der Waals surface area contributed by atoms with E-state index in [0.29, 0.717) is 17.1 Å². The molecule has 3 nitrogen and oxygen atoms in total. The van der Waals surface area contributed by atoms with Gasteiger partial charge < -0.3 is 9.67 Å². The van der Waals surface area contributed by atoms with Gasteiger partial charge in [0.2, 0.25) is 0 Å². The van der Waals surface area contributed by atoms with Crippen LogP contribution in [0.5, 0.6) is 0 Å². The topological polar surface area (TPSA) is 38.1 Å². The van der Waals surface area contributed by atoms with Gasteiger partial charge in [-0.1, -0.05) is 6.92 Å². The van der Waals surface area contributed by atoms with Crippen LogP contribution in [-0.4, -0.2) is 14.7 Å². The average Bonchev–Trinajstić information content (AvgIpc) is 2.65. The minimum Gasteiger partial charge on any atom is -0.386 e. The Hall–Kier alpha value is -1.42. The fourth-order valence-electron chi connectivity index (χ4n) is 3.40. The van der Waals surface area contributed by atoms with E-state index in [-0.39, 0.29) is 5.82 Å². The van der Waals surface area contributed by atoms with E-state index in [1.807, 2.05) is 6.92 Å². The minimum absolute atomic E-state index is 0.333. The summed E-state index contributed by atoms with van der Waals surface area (Å²) >= 11 is 0. The summed E-state index contributed by atoms with van der Waals surface area (Å²) < 4.78 is 16.7. The third kappa shape index (κ3) is 2.16. The molecule has 0 saturated heterocycles. The second kappa shape index (κ2) is 4.80. The molecule has 1 saturated carbocycles. The average molecular weight is 290 g/mol. The Bertz CT molecular complexity index is 693. The monoisotopic (exact) mass is 290 g/mol. The van der Waals surface area contributed by atoms with Crippen LogP contribution in [0.4, 0.5) is 4.39 Å². The second-order valence-electron chi connectivity index (χ2n) is 6.61. The molecule has 2 aromatic rings. The van der Waals surface area contributed by atoms with Crippen molar-refractivity contribution >= 4 is 11.0 Å². The van der Waals surface area contributed by atoms with Crippen molar-refractivity contribution in [3.63, 3.8) is 0 Å². The highest BCUT2D eigenvalue weighted by Gasteiger charge is 2.29. The Morgan fingerprint density at radius 3 is 2.57 bits per heavy atom. The lowest BCUT2D eigenvalue weighted by atomic mass is 9.89. The molecular formula is C17H23FN2O. The number of aliphatic hydroxyl groups is 1. The van der Waals surface area contributed by atoms with E-state index in [1.54, 1.807) is 13.8 Å². The van der Waals surface area contributed by atoms with Crippen molar-refractivity contribution in [2.45, 2.75) is 65.0 Å². The molecule has 1 aliphatic carbocycles. The molecular weight excluding hydrogens is 267 g/mol. The van der Waals surface area contributed by atoms with Gasteiger partial charge in [-0.15, -0.1) is 0 Å². The van der Waals surface area contributed by atoms with Crippen molar-refractivity contribution in [3.8, 4) is 0 Å². The summed E-state index contributed by atoms with van der Waals surface area (Å²) in [5.74, 6) is 0.539. The van der Waals surface area contributed by atoms with Gasteiger partial charge in [0.05, 0.1) is 11.1 Å². The van der Waals surface area contributed by atoms with Gasteiger partial charge in [-0.3, -0.25) is 0 Å². The van der Waals surface area contributed by atoms with Crippen molar-refractivity contribution < 1.29 is 9.50 Å². The number of nitrogens with zero attached hydrogens (tertiary/aromatic N) is 2. The maximum Gasteiger partial charge on any atom is 0.151 e. The first-order chi connectivity index (χ1) is 9.84. The smallest absolute Gasteiger partial charge is 0.151 e. The fourth-order valence-corrected chi connectivity index (χ4v) is 3.40. The van der Waals surface area contributed by atoms with E-state index in [1.165, 1.54) is 12.5 Å². The van der Waals surface area contributed by atoms with Crippen LogP contribution >= 0.6 is 0 Å². The third-order valence-corrected chi connectivity index (χ3v) is 4.65. The van der Waals surface area contributed by atoms with Crippen LogP contribution in [0.1, 0.15) is 63.0 Å². The number of aryl methyl sites for hydroxylation is 2. The molecule has 0 radical (unpaired) electrons. The van der Waals surface area contributed by atoms with Crippen molar-refractivity contribution in [1.82, 2.24) is 9.55 Å². The zero-order valence-corrected chi connectivity index (χ0v) is 13.2. The number of halogens is 1. The lowest BCUT2D eigenvalue weighted by molar-refractivity contribution is 0.0774. The number of rotatable bonds is 3. The summed E-state index contributed by atoms with van der Waals surface area (Å²) in [7, 11) is 0.